The smallest absolute Gasteiger partial charge is 0.261 e. The normalized spacial score (nSPS) is 12.9. The Bertz CT molecular complexity index is 969. The number of hydrogen-bond acceptors (Lipinski definition) is 4. The van der Waals surface area contributed by atoms with Crippen molar-refractivity contribution in [3.8, 4) is 0 Å². The third kappa shape index (κ3) is 4.34. The molecule has 0 fully saturated rings. The number of rotatable bonds is 6. The number of likely N-dealkylation sites (N-methyl/N-ethyl adjacent to an activating group) is 1. The quantitative estimate of drug-likeness (QED) is 0.762. The van der Waals surface area contributed by atoms with E-state index in [1.54, 1.807) is 0 Å². The summed E-state index contributed by atoms with van der Waals surface area (Å²) in [6, 6.07) is 13.6. The molecule has 3 rings (SSSR count). The summed E-state index contributed by atoms with van der Waals surface area (Å²) in [5.74, 6) is -1.47. The molecule has 0 aromatic heterocycles. The number of hydrogen-bond donors (Lipinski definition) is 1. The molecule has 0 aliphatic carbocycles. The second-order valence-corrected chi connectivity index (χ2v) is 7.33. The fourth-order valence-corrected chi connectivity index (χ4v) is 3.21. The summed E-state index contributed by atoms with van der Waals surface area (Å²) in [4.78, 5) is 52.4. The van der Waals surface area contributed by atoms with Crippen LogP contribution in [0.5, 0.6) is 0 Å². The molecule has 150 valence electrons. The molecule has 1 aliphatic heterocycles. The molecule has 2 aromatic carbocycles. The third-order valence-corrected chi connectivity index (χ3v) is 4.58. The number of imide groups is 1. The summed E-state index contributed by atoms with van der Waals surface area (Å²) in [5.41, 5.74) is 1.58. The summed E-state index contributed by atoms with van der Waals surface area (Å²) < 4.78 is 0. The minimum Gasteiger partial charge on any atom is -0.352 e. The van der Waals surface area contributed by atoms with Crippen LogP contribution in [-0.2, 0) is 11.3 Å². The molecule has 2 aromatic rings. The van der Waals surface area contributed by atoms with Gasteiger partial charge in [0.25, 0.3) is 17.7 Å². The first-order valence-electron chi connectivity index (χ1n) is 9.37. The van der Waals surface area contributed by atoms with Gasteiger partial charge < -0.3 is 10.2 Å². The summed E-state index contributed by atoms with van der Waals surface area (Å²) in [6.45, 7) is 3.75. The van der Waals surface area contributed by atoms with Crippen molar-refractivity contribution in [1.82, 2.24) is 15.1 Å². The summed E-state index contributed by atoms with van der Waals surface area (Å²) in [6.07, 6.45) is 0. The Morgan fingerprint density at radius 1 is 1.00 bits per heavy atom. The molecule has 0 saturated carbocycles. The van der Waals surface area contributed by atoms with E-state index in [4.69, 9.17) is 0 Å². The van der Waals surface area contributed by atoms with Gasteiger partial charge in [-0.3, -0.25) is 24.1 Å². The molecule has 7 heteroatoms. The predicted molar refractivity (Wildman–Crippen MR) is 107 cm³/mol. The third-order valence-electron chi connectivity index (χ3n) is 4.58. The van der Waals surface area contributed by atoms with Gasteiger partial charge >= 0.3 is 0 Å². The Hall–Kier alpha value is -3.48. The molecule has 29 heavy (non-hydrogen) atoms. The maximum Gasteiger partial charge on any atom is 0.261 e. The minimum atomic E-state index is -0.427. The lowest BCUT2D eigenvalue weighted by atomic mass is 10.0. The molecule has 0 radical (unpaired) electrons. The Labute approximate surface area is 169 Å². The molecule has 0 saturated heterocycles. The van der Waals surface area contributed by atoms with E-state index in [0.717, 1.165) is 5.56 Å². The predicted octanol–water partition coefficient (Wildman–Crippen LogP) is 2.08. The summed E-state index contributed by atoms with van der Waals surface area (Å²) in [5, 5.41) is 2.73. The molecule has 0 unspecified atom stereocenters. The van der Waals surface area contributed by atoms with Crippen LogP contribution < -0.4 is 5.32 Å². The Balaban J connectivity index is 1.77. The van der Waals surface area contributed by atoms with E-state index in [2.05, 4.69) is 5.32 Å². The van der Waals surface area contributed by atoms with Gasteiger partial charge in [0.1, 0.15) is 0 Å². The van der Waals surface area contributed by atoms with Crippen molar-refractivity contribution in [2.24, 2.45) is 0 Å². The van der Waals surface area contributed by atoms with Gasteiger partial charge in [-0.2, -0.15) is 0 Å². The molecule has 1 heterocycles. The molecule has 1 N–H and O–H groups in total. The van der Waals surface area contributed by atoms with Gasteiger partial charge in [0.15, 0.2) is 0 Å². The summed E-state index contributed by atoms with van der Waals surface area (Å²) >= 11 is 0. The molecular formula is C22H23N3O4. The van der Waals surface area contributed by atoms with Crippen molar-refractivity contribution in [2.75, 3.05) is 13.6 Å². The van der Waals surface area contributed by atoms with Gasteiger partial charge in [-0.1, -0.05) is 30.3 Å². The van der Waals surface area contributed by atoms with Crippen LogP contribution in [0.2, 0.25) is 0 Å². The van der Waals surface area contributed by atoms with E-state index in [-0.39, 0.29) is 47.6 Å². The van der Waals surface area contributed by atoms with Crippen molar-refractivity contribution >= 4 is 23.6 Å². The molecule has 7 nitrogen and oxygen atoms in total. The highest BCUT2D eigenvalue weighted by Gasteiger charge is 2.36. The van der Waals surface area contributed by atoms with Crippen LogP contribution in [0.3, 0.4) is 0 Å². The van der Waals surface area contributed by atoms with Gasteiger partial charge in [-0.25, -0.2) is 0 Å². The lowest BCUT2D eigenvalue weighted by molar-refractivity contribution is -0.122. The Morgan fingerprint density at radius 2 is 1.66 bits per heavy atom. The zero-order valence-electron chi connectivity index (χ0n) is 16.6. The summed E-state index contributed by atoms with van der Waals surface area (Å²) in [7, 11) is 1.52. The average Bonchev–Trinajstić information content (AvgIpc) is 2.92. The molecule has 0 bridgehead atoms. The topological polar surface area (TPSA) is 86.8 Å². The van der Waals surface area contributed by atoms with Gasteiger partial charge in [0.2, 0.25) is 5.91 Å². The van der Waals surface area contributed by atoms with E-state index in [0.29, 0.717) is 0 Å². The van der Waals surface area contributed by atoms with Crippen molar-refractivity contribution in [2.45, 2.75) is 26.4 Å². The van der Waals surface area contributed by atoms with Crippen LogP contribution in [0.25, 0.3) is 0 Å². The highest BCUT2D eigenvalue weighted by molar-refractivity contribution is 6.22. The first kappa shape index (κ1) is 20.3. The van der Waals surface area contributed by atoms with E-state index in [9.17, 15) is 19.2 Å². The highest BCUT2D eigenvalue weighted by Crippen LogP contribution is 2.26. The fourth-order valence-electron chi connectivity index (χ4n) is 3.21. The van der Waals surface area contributed by atoms with Crippen LogP contribution in [0, 0.1) is 0 Å². The molecular weight excluding hydrogens is 370 g/mol. The maximum atomic E-state index is 12.8. The minimum absolute atomic E-state index is 0.0229. The number of nitrogens with one attached hydrogen (secondary N) is 1. The van der Waals surface area contributed by atoms with Crippen molar-refractivity contribution in [1.29, 1.82) is 0 Å². The number of amides is 4. The molecule has 1 aliphatic rings. The Kier molecular flexibility index (Phi) is 5.77. The fraction of sp³-hybridized carbons (Fsp3) is 0.273. The van der Waals surface area contributed by atoms with Gasteiger partial charge in [0.05, 0.1) is 24.2 Å². The SMILES string of the molecule is CC(C)NC(=O)CN(C)C(=O)c1ccc2c(c1)C(=O)N(Cc1ccccc1)C2=O. The second-order valence-electron chi connectivity index (χ2n) is 7.33. The van der Waals surface area contributed by atoms with E-state index in [1.165, 1.54) is 35.0 Å². The number of carbonyl (C=O) groups excluding carboxylic acids is 4. The molecule has 0 atom stereocenters. The number of benzene rings is 2. The van der Waals surface area contributed by atoms with Crippen molar-refractivity contribution in [3.05, 3.63) is 70.8 Å². The van der Waals surface area contributed by atoms with Crippen molar-refractivity contribution < 1.29 is 19.2 Å². The van der Waals surface area contributed by atoms with E-state index >= 15 is 0 Å². The van der Waals surface area contributed by atoms with Gasteiger partial charge in [-0.15, -0.1) is 0 Å². The molecule has 4 amide bonds. The first-order chi connectivity index (χ1) is 13.8. The van der Waals surface area contributed by atoms with Gasteiger partial charge in [0, 0.05) is 18.7 Å². The average molecular weight is 393 g/mol. The molecule has 0 spiro atoms. The van der Waals surface area contributed by atoms with Gasteiger partial charge in [-0.05, 0) is 37.6 Å². The Morgan fingerprint density at radius 3 is 2.31 bits per heavy atom. The lowest BCUT2D eigenvalue weighted by Crippen LogP contribution is -2.40. The zero-order valence-corrected chi connectivity index (χ0v) is 16.6. The van der Waals surface area contributed by atoms with Crippen molar-refractivity contribution in [3.63, 3.8) is 0 Å². The number of nitrogens with zero attached hydrogens (tertiary/aromatic N) is 2. The first-order valence-corrected chi connectivity index (χ1v) is 9.37. The zero-order chi connectivity index (χ0) is 21.1. The van der Waals surface area contributed by atoms with E-state index < -0.39 is 11.8 Å². The maximum absolute atomic E-state index is 12.8. The standard InChI is InChI=1S/C22H23N3O4/c1-14(2)23-19(26)13-24(3)20(27)16-9-10-17-18(11-16)22(29)25(21(17)28)12-15-7-5-4-6-8-15/h4-11,14H,12-13H2,1-3H3,(H,23,26). The van der Waals surface area contributed by atoms with Crippen LogP contribution >= 0.6 is 0 Å². The monoisotopic (exact) mass is 393 g/mol. The largest absolute Gasteiger partial charge is 0.352 e. The van der Waals surface area contributed by atoms with Crippen LogP contribution in [-0.4, -0.2) is 53.1 Å². The van der Waals surface area contributed by atoms with Crippen LogP contribution in [0.4, 0.5) is 0 Å². The number of fused-ring (bicyclic) bond motifs is 1. The highest BCUT2D eigenvalue weighted by atomic mass is 16.2. The van der Waals surface area contributed by atoms with Crippen LogP contribution in [0.1, 0.15) is 50.5 Å². The van der Waals surface area contributed by atoms with Crippen LogP contribution in [0.15, 0.2) is 48.5 Å². The van der Waals surface area contributed by atoms with E-state index in [1.807, 2.05) is 44.2 Å². The lowest BCUT2D eigenvalue weighted by Gasteiger charge is -2.18. The number of carbonyl (C=O) groups is 4. The second kappa shape index (κ2) is 8.26.